The zero-order chi connectivity index (χ0) is 15.7. The van der Waals surface area contributed by atoms with E-state index in [1.807, 2.05) is 27.7 Å². The van der Waals surface area contributed by atoms with Crippen LogP contribution in [0.4, 0.5) is 0 Å². The van der Waals surface area contributed by atoms with Gasteiger partial charge >= 0.3 is 0 Å². The summed E-state index contributed by atoms with van der Waals surface area (Å²) in [6.07, 6.45) is 4.44. The van der Waals surface area contributed by atoms with Crippen molar-refractivity contribution in [3.8, 4) is 0 Å². The van der Waals surface area contributed by atoms with Crippen molar-refractivity contribution in [1.82, 2.24) is 10.2 Å². The Morgan fingerprint density at radius 2 is 1.95 bits per heavy atom. The molecule has 2 amide bonds. The Balaban J connectivity index is 2.26. The van der Waals surface area contributed by atoms with Gasteiger partial charge in [-0.15, -0.1) is 0 Å². The number of piperazine rings is 1. The fraction of sp³-hybridized carbons (Fsp3) is 0.875. The molecular weight excluding hydrogens is 268 g/mol. The Morgan fingerprint density at radius 3 is 2.48 bits per heavy atom. The molecule has 3 unspecified atom stereocenters. The summed E-state index contributed by atoms with van der Waals surface area (Å²) in [5, 5.41) is 2.93. The molecule has 2 heterocycles. The van der Waals surface area contributed by atoms with Crippen molar-refractivity contribution in [3.63, 3.8) is 0 Å². The van der Waals surface area contributed by atoms with E-state index in [1.165, 1.54) is 0 Å². The summed E-state index contributed by atoms with van der Waals surface area (Å²) in [6.45, 7) is 8.84. The lowest BCUT2D eigenvalue weighted by Gasteiger charge is -2.50. The molecule has 2 rings (SSSR count). The Bertz CT molecular complexity index is 420. The molecule has 0 bridgehead atoms. The first kappa shape index (κ1) is 16.3. The molecule has 0 aromatic heterocycles. The molecule has 2 fully saturated rings. The van der Waals surface area contributed by atoms with Gasteiger partial charge < -0.3 is 15.0 Å². The molecule has 0 aromatic carbocycles. The number of ether oxygens (including phenoxy) is 1. The van der Waals surface area contributed by atoms with E-state index in [0.717, 1.165) is 25.9 Å². The van der Waals surface area contributed by atoms with Crippen molar-refractivity contribution in [2.45, 2.75) is 77.0 Å². The third-order valence-corrected chi connectivity index (χ3v) is 5.25. The van der Waals surface area contributed by atoms with Gasteiger partial charge in [0.15, 0.2) is 0 Å². The van der Waals surface area contributed by atoms with E-state index in [1.54, 1.807) is 4.90 Å². The molecule has 2 aliphatic heterocycles. The van der Waals surface area contributed by atoms with Gasteiger partial charge in [0, 0.05) is 13.2 Å². The lowest BCUT2D eigenvalue weighted by Crippen LogP contribution is -2.74. The van der Waals surface area contributed by atoms with Crippen molar-refractivity contribution in [3.05, 3.63) is 0 Å². The number of carbonyl (C=O) groups is 2. The first-order valence-electron chi connectivity index (χ1n) is 8.13. The molecule has 3 atom stereocenters. The van der Waals surface area contributed by atoms with Crippen LogP contribution in [0.15, 0.2) is 0 Å². The van der Waals surface area contributed by atoms with Gasteiger partial charge in [0.05, 0.1) is 6.10 Å². The van der Waals surface area contributed by atoms with Crippen molar-refractivity contribution >= 4 is 11.8 Å². The minimum absolute atomic E-state index is 0.0168. The van der Waals surface area contributed by atoms with Crippen LogP contribution in [-0.4, -0.2) is 47.0 Å². The van der Waals surface area contributed by atoms with Crippen LogP contribution < -0.4 is 5.32 Å². The van der Waals surface area contributed by atoms with E-state index in [0.29, 0.717) is 19.4 Å². The predicted octanol–water partition coefficient (Wildman–Crippen LogP) is 1.85. The molecule has 2 saturated heterocycles. The number of hydrogen-bond acceptors (Lipinski definition) is 3. The molecular formula is C16H28N2O3. The van der Waals surface area contributed by atoms with E-state index in [-0.39, 0.29) is 17.9 Å². The molecule has 1 N–H and O–H groups in total. The van der Waals surface area contributed by atoms with E-state index in [2.05, 4.69) is 5.32 Å². The van der Waals surface area contributed by atoms with E-state index in [9.17, 15) is 9.59 Å². The molecule has 5 nitrogen and oxygen atoms in total. The van der Waals surface area contributed by atoms with Gasteiger partial charge in [-0.2, -0.15) is 0 Å². The zero-order valence-corrected chi connectivity index (χ0v) is 13.7. The summed E-state index contributed by atoms with van der Waals surface area (Å²) in [4.78, 5) is 27.3. The Kier molecular flexibility index (Phi) is 4.61. The minimum Gasteiger partial charge on any atom is -0.376 e. The maximum atomic E-state index is 12.9. The quantitative estimate of drug-likeness (QED) is 0.861. The lowest BCUT2D eigenvalue weighted by atomic mass is 9.83. The highest BCUT2D eigenvalue weighted by Crippen LogP contribution is 2.31. The minimum atomic E-state index is -0.791. The van der Waals surface area contributed by atoms with Gasteiger partial charge in [0.1, 0.15) is 11.1 Å². The molecule has 0 radical (unpaired) electrons. The smallest absolute Gasteiger partial charge is 0.249 e. The Hall–Kier alpha value is -1.10. The van der Waals surface area contributed by atoms with Crippen LogP contribution in [0.1, 0.15) is 59.8 Å². The number of nitrogens with zero attached hydrogens (tertiary/aromatic N) is 1. The summed E-state index contributed by atoms with van der Waals surface area (Å²) >= 11 is 0. The maximum Gasteiger partial charge on any atom is 0.249 e. The average Bonchev–Trinajstić information content (AvgIpc) is 2.50. The van der Waals surface area contributed by atoms with Crippen molar-refractivity contribution in [2.75, 3.05) is 13.2 Å². The normalized spacial score (nSPS) is 37.5. The largest absolute Gasteiger partial charge is 0.376 e. The number of nitrogens with one attached hydrogen (secondary N) is 1. The second-order valence-electron chi connectivity index (χ2n) is 6.67. The molecule has 21 heavy (non-hydrogen) atoms. The molecule has 0 aromatic rings. The Labute approximate surface area is 127 Å². The summed E-state index contributed by atoms with van der Waals surface area (Å²) < 4.78 is 5.78. The zero-order valence-electron chi connectivity index (χ0n) is 13.7. The van der Waals surface area contributed by atoms with Gasteiger partial charge in [0.2, 0.25) is 11.8 Å². The van der Waals surface area contributed by atoms with E-state index < -0.39 is 11.1 Å². The van der Waals surface area contributed by atoms with Crippen LogP contribution in [-0.2, 0) is 14.3 Å². The van der Waals surface area contributed by atoms with Gasteiger partial charge in [-0.05, 0) is 46.0 Å². The SMILES string of the molecule is CCC1(C)NC(=O)C(C)(CC)N(CC2CCCCO2)C1=O. The summed E-state index contributed by atoms with van der Waals surface area (Å²) in [5.41, 5.74) is -1.56. The molecule has 2 aliphatic rings. The molecule has 5 heteroatoms. The van der Waals surface area contributed by atoms with Crippen molar-refractivity contribution in [1.29, 1.82) is 0 Å². The topological polar surface area (TPSA) is 58.6 Å². The third-order valence-electron chi connectivity index (χ3n) is 5.25. The highest BCUT2D eigenvalue weighted by molar-refractivity contribution is 6.01. The van der Waals surface area contributed by atoms with Crippen LogP contribution in [0.3, 0.4) is 0 Å². The number of amides is 2. The fourth-order valence-electron chi connectivity index (χ4n) is 3.11. The average molecular weight is 296 g/mol. The van der Waals surface area contributed by atoms with E-state index in [4.69, 9.17) is 4.74 Å². The fourth-order valence-corrected chi connectivity index (χ4v) is 3.11. The van der Waals surface area contributed by atoms with Gasteiger partial charge in [-0.1, -0.05) is 13.8 Å². The number of rotatable bonds is 4. The number of hydrogen-bond donors (Lipinski definition) is 1. The molecule has 0 aliphatic carbocycles. The predicted molar refractivity (Wildman–Crippen MR) is 80.8 cm³/mol. The standard InChI is InChI=1S/C16H28N2O3/c1-5-15(3)14(20)18(11-12-9-7-8-10-21-12)16(4,6-2)13(19)17-15/h12H,5-11H2,1-4H3,(H,17,19). The first-order valence-corrected chi connectivity index (χ1v) is 8.13. The molecule has 0 spiro atoms. The van der Waals surface area contributed by atoms with Gasteiger partial charge in [0.25, 0.3) is 0 Å². The highest BCUT2D eigenvalue weighted by Gasteiger charge is 2.53. The summed E-state index contributed by atoms with van der Waals surface area (Å²) in [7, 11) is 0. The molecule has 120 valence electrons. The Morgan fingerprint density at radius 1 is 1.24 bits per heavy atom. The van der Waals surface area contributed by atoms with Crippen LogP contribution in [0.5, 0.6) is 0 Å². The maximum absolute atomic E-state index is 12.9. The van der Waals surface area contributed by atoms with Crippen LogP contribution in [0.25, 0.3) is 0 Å². The van der Waals surface area contributed by atoms with Crippen LogP contribution >= 0.6 is 0 Å². The summed E-state index contributed by atoms with van der Waals surface area (Å²) in [5.74, 6) is -0.0344. The second kappa shape index (κ2) is 5.95. The van der Waals surface area contributed by atoms with Crippen LogP contribution in [0, 0.1) is 0 Å². The van der Waals surface area contributed by atoms with Gasteiger partial charge in [-0.3, -0.25) is 9.59 Å². The number of carbonyl (C=O) groups excluding carboxylic acids is 2. The molecule has 0 saturated carbocycles. The highest BCUT2D eigenvalue weighted by atomic mass is 16.5. The van der Waals surface area contributed by atoms with Crippen molar-refractivity contribution < 1.29 is 14.3 Å². The van der Waals surface area contributed by atoms with Crippen LogP contribution in [0.2, 0.25) is 0 Å². The van der Waals surface area contributed by atoms with Gasteiger partial charge in [-0.25, -0.2) is 0 Å². The van der Waals surface area contributed by atoms with E-state index >= 15 is 0 Å². The second-order valence-corrected chi connectivity index (χ2v) is 6.67. The lowest BCUT2D eigenvalue weighted by molar-refractivity contribution is -0.165. The first-order chi connectivity index (χ1) is 9.87. The monoisotopic (exact) mass is 296 g/mol. The van der Waals surface area contributed by atoms with Crippen molar-refractivity contribution in [2.24, 2.45) is 0 Å². The summed E-state index contributed by atoms with van der Waals surface area (Å²) in [6, 6.07) is 0. The third kappa shape index (κ3) is 2.80.